The van der Waals surface area contributed by atoms with Gasteiger partial charge in [-0.05, 0) is 37.1 Å². The van der Waals surface area contributed by atoms with E-state index >= 15 is 0 Å². The average Bonchev–Trinajstić information content (AvgIpc) is 2.42. The molecule has 0 bridgehead atoms. The van der Waals surface area contributed by atoms with E-state index in [-0.39, 0.29) is 18.5 Å². The SMILES string of the molecule is NC1CCN(CC(=O)NC(=O)c2ccc(Cl)cc2)CC1. The van der Waals surface area contributed by atoms with Crippen LogP contribution in [-0.2, 0) is 4.79 Å². The fraction of sp³-hybridized carbons (Fsp3) is 0.429. The van der Waals surface area contributed by atoms with Crippen LogP contribution in [0, 0.1) is 0 Å². The first kappa shape index (κ1) is 15.0. The van der Waals surface area contributed by atoms with Crippen molar-refractivity contribution < 1.29 is 9.59 Å². The lowest BCUT2D eigenvalue weighted by Gasteiger charge is -2.29. The summed E-state index contributed by atoms with van der Waals surface area (Å²) in [5, 5.41) is 2.93. The second kappa shape index (κ2) is 6.83. The van der Waals surface area contributed by atoms with Crippen molar-refractivity contribution in [3.05, 3.63) is 34.9 Å². The Morgan fingerprint density at radius 2 is 1.85 bits per heavy atom. The molecule has 0 aromatic heterocycles. The number of imide groups is 1. The van der Waals surface area contributed by atoms with E-state index in [0.29, 0.717) is 10.6 Å². The smallest absolute Gasteiger partial charge is 0.257 e. The second-order valence-corrected chi connectivity index (χ2v) is 5.43. The quantitative estimate of drug-likeness (QED) is 0.873. The van der Waals surface area contributed by atoms with Crippen molar-refractivity contribution in [3.63, 3.8) is 0 Å². The van der Waals surface area contributed by atoms with Crippen molar-refractivity contribution in [1.82, 2.24) is 10.2 Å². The molecule has 1 aliphatic rings. The Balaban J connectivity index is 1.82. The van der Waals surface area contributed by atoms with Crippen molar-refractivity contribution in [2.24, 2.45) is 5.73 Å². The lowest BCUT2D eigenvalue weighted by Crippen LogP contribution is -2.45. The Morgan fingerprint density at radius 1 is 1.25 bits per heavy atom. The van der Waals surface area contributed by atoms with E-state index in [1.54, 1.807) is 24.3 Å². The Bertz CT molecular complexity index is 482. The number of likely N-dealkylation sites (tertiary alicyclic amines) is 1. The second-order valence-electron chi connectivity index (χ2n) is 5.00. The highest BCUT2D eigenvalue weighted by atomic mass is 35.5. The number of hydrogen-bond acceptors (Lipinski definition) is 4. The Kier molecular flexibility index (Phi) is 5.11. The summed E-state index contributed by atoms with van der Waals surface area (Å²) in [6, 6.07) is 6.64. The third kappa shape index (κ3) is 4.30. The summed E-state index contributed by atoms with van der Waals surface area (Å²) < 4.78 is 0. The van der Waals surface area contributed by atoms with Crippen LogP contribution in [0.2, 0.25) is 5.02 Å². The first-order valence-electron chi connectivity index (χ1n) is 6.62. The highest BCUT2D eigenvalue weighted by Gasteiger charge is 2.19. The van der Waals surface area contributed by atoms with Gasteiger partial charge in [-0.1, -0.05) is 11.6 Å². The number of hydrogen-bond donors (Lipinski definition) is 2. The molecule has 0 atom stereocenters. The van der Waals surface area contributed by atoms with Crippen LogP contribution in [0.5, 0.6) is 0 Å². The molecule has 0 spiro atoms. The van der Waals surface area contributed by atoms with Gasteiger partial charge >= 0.3 is 0 Å². The largest absolute Gasteiger partial charge is 0.328 e. The molecule has 0 aliphatic carbocycles. The van der Waals surface area contributed by atoms with Crippen molar-refractivity contribution in [2.75, 3.05) is 19.6 Å². The van der Waals surface area contributed by atoms with Gasteiger partial charge in [0.15, 0.2) is 0 Å². The number of amides is 2. The number of benzene rings is 1. The molecule has 2 rings (SSSR count). The molecule has 5 nitrogen and oxygen atoms in total. The van der Waals surface area contributed by atoms with Crippen molar-refractivity contribution in [3.8, 4) is 0 Å². The van der Waals surface area contributed by atoms with Gasteiger partial charge in [-0.3, -0.25) is 19.8 Å². The van der Waals surface area contributed by atoms with Crippen LogP contribution in [0.15, 0.2) is 24.3 Å². The summed E-state index contributed by atoms with van der Waals surface area (Å²) in [5.41, 5.74) is 6.22. The van der Waals surface area contributed by atoms with Gasteiger partial charge in [0, 0.05) is 29.7 Å². The van der Waals surface area contributed by atoms with Gasteiger partial charge in [-0.15, -0.1) is 0 Å². The molecule has 2 amide bonds. The van der Waals surface area contributed by atoms with Crippen LogP contribution in [0.3, 0.4) is 0 Å². The molecule has 6 heteroatoms. The number of halogens is 1. The summed E-state index contributed by atoms with van der Waals surface area (Å²) in [6.45, 7) is 1.82. The number of carbonyl (C=O) groups is 2. The van der Waals surface area contributed by atoms with Gasteiger partial charge in [0.1, 0.15) is 0 Å². The van der Waals surface area contributed by atoms with Crippen molar-refractivity contribution in [2.45, 2.75) is 18.9 Å². The summed E-state index contributed by atoms with van der Waals surface area (Å²) in [5.74, 6) is -0.694. The fourth-order valence-corrected chi connectivity index (χ4v) is 2.28. The number of rotatable bonds is 3. The molecule has 20 heavy (non-hydrogen) atoms. The molecular weight excluding hydrogens is 278 g/mol. The highest BCUT2D eigenvalue weighted by Crippen LogP contribution is 2.10. The van der Waals surface area contributed by atoms with Gasteiger partial charge in [-0.25, -0.2) is 0 Å². The summed E-state index contributed by atoms with van der Waals surface area (Å²) >= 11 is 5.75. The van der Waals surface area contributed by atoms with E-state index < -0.39 is 5.91 Å². The molecule has 1 heterocycles. The maximum Gasteiger partial charge on any atom is 0.257 e. The molecule has 1 saturated heterocycles. The van der Waals surface area contributed by atoms with Gasteiger partial charge < -0.3 is 5.73 Å². The molecule has 3 N–H and O–H groups in total. The van der Waals surface area contributed by atoms with Crippen molar-refractivity contribution in [1.29, 1.82) is 0 Å². The molecular formula is C14H18ClN3O2. The minimum absolute atomic E-state index is 0.227. The molecule has 1 aliphatic heterocycles. The van der Waals surface area contributed by atoms with Crippen LogP contribution in [-0.4, -0.2) is 42.4 Å². The molecule has 1 aromatic rings. The van der Waals surface area contributed by atoms with E-state index in [1.807, 2.05) is 4.90 Å². The maximum atomic E-state index is 11.8. The zero-order chi connectivity index (χ0) is 14.5. The van der Waals surface area contributed by atoms with Crippen LogP contribution in [0.1, 0.15) is 23.2 Å². The molecule has 0 radical (unpaired) electrons. The van der Waals surface area contributed by atoms with E-state index in [0.717, 1.165) is 25.9 Å². The predicted molar refractivity (Wildman–Crippen MR) is 77.6 cm³/mol. The first-order valence-corrected chi connectivity index (χ1v) is 7.00. The minimum atomic E-state index is -0.402. The monoisotopic (exact) mass is 295 g/mol. The van der Waals surface area contributed by atoms with E-state index in [1.165, 1.54) is 0 Å². The molecule has 0 saturated carbocycles. The molecule has 108 valence electrons. The highest BCUT2D eigenvalue weighted by molar-refractivity contribution is 6.30. The van der Waals surface area contributed by atoms with E-state index in [9.17, 15) is 9.59 Å². The number of piperidine rings is 1. The summed E-state index contributed by atoms with van der Waals surface area (Å²) in [7, 11) is 0. The zero-order valence-corrected chi connectivity index (χ0v) is 11.9. The Hall–Kier alpha value is -1.43. The normalized spacial score (nSPS) is 16.9. The number of nitrogens with zero attached hydrogens (tertiary/aromatic N) is 1. The maximum absolute atomic E-state index is 11.8. The average molecular weight is 296 g/mol. The van der Waals surface area contributed by atoms with E-state index in [2.05, 4.69) is 5.32 Å². The third-order valence-corrected chi connectivity index (χ3v) is 3.61. The van der Waals surface area contributed by atoms with Gasteiger partial charge in [0.25, 0.3) is 5.91 Å². The lowest BCUT2D eigenvalue weighted by atomic mass is 10.1. The van der Waals surface area contributed by atoms with Crippen LogP contribution in [0.4, 0.5) is 0 Å². The van der Waals surface area contributed by atoms with Crippen LogP contribution in [0.25, 0.3) is 0 Å². The number of nitrogens with two attached hydrogens (primary N) is 1. The fourth-order valence-electron chi connectivity index (χ4n) is 2.15. The third-order valence-electron chi connectivity index (χ3n) is 3.36. The number of nitrogens with one attached hydrogen (secondary N) is 1. The summed E-state index contributed by atoms with van der Waals surface area (Å²) in [4.78, 5) is 25.7. The zero-order valence-electron chi connectivity index (χ0n) is 11.1. The summed E-state index contributed by atoms with van der Waals surface area (Å²) in [6.07, 6.45) is 1.77. The first-order chi connectivity index (χ1) is 9.54. The standard InChI is InChI=1S/C14H18ClN3O2/c15-11-3-1-10(2-4-11)14(20)17-13(19)9-18-7-5-12(16)6-8-18/h1-4,12H,5-9,16H2,(H,17,19,20). The van der Waals surface area contributed by atoms with Gasteiger partial charge in [0.2, 0.25) is 5.91 Å². The lowest BCUT2D eigenvalue weighted by molar-refractivity contribution is -0.121. The van der Waals surface area contributed by atoms with E-state index in [4.69, 9.17) is 17.3 Å². The molecule has 0 unspecified atom stereocenters. The predicted octanol–water partition coefficient (Wildman–Crippen LogP) is 1.02. The van der Waals surface area contributed by atoms with Crippen LogP contribution < -0.4 is 11.1 Å². The Morgan fingerprint density at radius 3 is 2.45 bits per heavy atom. The number of carbonyl (C=O) groups excluding carboxylic acids is 2. The minimum Gasteiger partial charge on any atom is -0.328 e. The molecule has 1 fully saturated rings. The Labute approximate surface area is 123 Å². The van der Waals surface area contributed by atoms with Gasteiger partial charge in [-0.2, -0.15) is 0 Å². The van der Waals surface area contributed by atoms with Crippen LogP contribution >= 0.6 is 11.6 Å². The van der Waals surface area contributed by atoms with Gasteiger partial charge in [0.05, 0.1) is 6.54 Å². The van der Waals surface area contributed by atoms with Crippen molar-refractivity contribution >= 4 is 23.4 Å². The molecule has 1 aromatic carbocycles. The topological polar surface area (TPSA) is 75.4 Å².